The van der Waals surface area contributed by atoms with Crippen molar-refractivity contribution in [1.29, 1.82) is 0 Å². The summed E-state index contributed by atoms with van der Waals surface area (Å²) in [5.41, 5.74) is 2.36. The van der Waals surface area contributed by atoms with E-state index in [4.69, 9.17) is 0 Å². The zero-order valence-corrected chi connectivity index (χ0v) is 11.6. The summed E-state index contributed by atoms with van der Waals surface area (Å²) >= 11 is 0. The lowest BCUT2D eigenvalue weighted by molar-refractivity contribution is -0.481. The molecule has 0 N–H and O–H groups in total. The van der Waals surface area contributed by atoms with Crippen molar-refractivity contribution in [1.82, 2.24) is 9.78 Å². The number of hydrogen-bond donors (Lipinski definition) is 0. The molecule has 3 nitrogen and oxygen atoms in total. The summed E-state index contributed by atoms with van der Waals surface area (Å²) in [6.45, 7) is 4.33. The van der Waals surface area contributed by atoms with Crippen molar-refractivity contribution in [3.05, 3.63) is 54.9 Å². The van der Waals surface area contributed by atoms with Crippen LogP contribution < -0.4 is 4.40 Å². The maximum Gasteiger partial charge on any atom is 0.273 e. The molecular weight excluding hydrogens is 246 g/mol. The van der Waals surface area contributed by atoms with Gasteiger partial charge in [-0.05, 0) is 31.4 Å². The van der Waals surface area contributed by atoms with Gasteiger partial charge in [0.2, 0.25) is 0 Å². The molecule has 4 rings (SSSR count). The first-order valence-corrected chi connectivity index (χ1v) is 6.95. The molecule has 0 atom stereocenters. The second-order valence-electron chi connectivity index (χ2n) is 5.43. The van der Waals surface area contributed by atoms with Crippen LogP contribution in [-0.2, 0) is 0 Å². The molecule has 2 aromatic heterocycles. The van der Waals surface area contributed by atoms with Crippen LogP contribution >= 0.6 is 0 Å². The van der Waals surface area contributed by atoms with Crippen LogP contribution in [0.1, 0.15) is 19.9 Å². The predicted octanol–water partition coefficient (Wildman–Crippen LogP) is 3.51. The SMILES string of the molecule is CC(C)n1nc[n+]2c3ccccc3c3ccccc3c12. The van der Waals surface area contributed by atoms with Crippen LogP contribution in [0.5, 0.6) is 0 Å². The van der Waals surface area contributed by atoms with E-state index in [1.54, 1.807) is 0 Å². The summed E-state index contributed by atoms with van der Waals surface area (Å²) in [5.74, 6) is 0. The molecule has 2 heterocycles. The minimum atomic E-state index is 0.338. The quantitative estimate of drug-likeness (QED) is 0.380. The third-order valence-corrected chi connectivity index (χ3v) is 3.85. The minimum Gasteiger partial charge on any atom is -0.196 e. The van der Waals surface area contributed by atoms with Crippen LogP contribution in [0.25, 0.3) is 27.3 Å². The average molecular weight is 262 g/mol. The average Bonchev–Trinajstić information content (AvgIpc) is 2.93. The standard InChI is InChI=1S/C17H16N3/c1-12(2)20-17-15-9-4-3-7-13(15)14-8-5-6-10-16(14)19(17)11-18-20/h3-12H,1-2H3/q+1. The molecule has 0 bridgehead atoms. The van der Waals surface area contributed by atoms with Crippen LogP contribution in [0.4, 0.5) is 0 Å². The lowest BCUT2D eigenvalue weighted by atomic mass is 10.1. The van der Waals surface area contributed by atoms with E-state index in [9.17, 15) is 0 Å². The van der Waals surface area contributed by atoms with E-state index in [0.717, 1.165) is 5.65 Å². The summed E-state index contributed by atoms with van der Waals surface area (Å²) < 4.78 is 4.28. The molecular formula is C17H16N3+. The van der Waals surface area contributed by atoms with Gasteiger partial charge in [-0.1, -0.05) is 36.4 Å². The Labute approximate surface area is 117 Å². The Bertz CT molecular complexity index is 935. The van der Waals surface area contributed by atoms with Crippen molar-refractivity contribution in [2.45, 2.75) is 19.9 Å². The van der Waals surface area contributed by atoms with Crippen LogP contribution in [0.3, 0.4) is 0 Å². The van der Waals surface area contributed by atoms with Gasteiger partial charge in [0.05, 0.1) is 5.39 Å². The van der Waals surface area contributed by atoms with Gasteiger partial charge in [-0.25, -0.2) is 0 Å². The first-order valence-electron chi connectivity index (χ1n) is 6.95. The van der Waals surface area contributed by atoms with E-state index < -0.39 is 0 Å². The van der Waals surface area contributed by atoms with E-state index in [2.05, 4.69) is 76.6 Å². The number of aromatic nitrogens is 3. The Morgan fingerprint density at radius 3 is 2.30 bits per heavy atom. The molecule has 0 aliphatic rings. The second-order valence-corrected chi connectivity index (χ2v) is 5.43. The molecule has 0 aliphatic heterocycles. The maximum absolute atomic E-state index is 4.57. The number of benzene rings is 2. The highest BCUT2D eigenvalue weighted by molar-refractivity contribution is 6.08. The van der Waals surface area contributed by atoms with Crippen molar-refractivity contribution in [3.63, 3.8) is 0 Å². The van der Waals surface area contributed by atoms with Gasteiger partial charge in [0, 0.05) is 10.5 Å². The second kappa shape index (κ2) is 4.04. The van der Waals surface area contributed by atoms with Gasteiger partial charge in [0.25, 0.3) is 12.0 Å². The number of pyridine rings is 1. The summed E-state index contributed by atoms with van der Waals surface area (Å²) in [4.78, 5) is 0. The zero-order chi connectivity index (χ0) is 13.7. The molecule has 0 saturated heterocycles. The number of rotatable bonds is 1. The van der Waals surface area contributed by atoms with Gasteiger partial charge >= 0.3 is 0 Å². The molecule has 20 heavy (non-hydrogen) atoms. The number of fused-ring (bicyclic) bond motifs is 6. The van der Waals surface area contributed by atoms with Gasteiger partial charge in [0.1, 0.15) is 11.6 Å². The fourth-order valence-corrected chi connectivity index (χ4v) is 2.96. The van der Waals surface area contributed by atoms with Gasteiger partial charge in [-0.3, -0.25) is 0 Å². The molecule has 3 heteroatoms. The van der Waals surface area contributed by atoms with E-state index in [1.165, 1.54) is 21.7 Å². The first-order chi connectivity index (χ1) is 9.77. The number of para-hydroxylation sites is 1. The van der Waals surface area contributed by atoms with Gasteiger partial charge in [-0.2, -0.15) is 4.40 Å². The molecule has 0 fully saturated rings. The van der Waals surface area contributed by atoms with Crippen molar-refractivity contribution >= 4 is 27.3 Å². The smallest absolute Gasteiger partial charge is 0.196 e. The highest BCUT2D eigenvalue weighted by Gasteiger charge is 2.20. The summed E-state index contributed by atoms with van der Waals surface area (Å²) in [6.07, 6.45) is 1.92. The maximum atomic E-state index is 4.57. The fraction of sp³-hybridized carbons (Fsp3) is 0.176. The van der Waals surface area contributed by atoms with Crippen molar-refractivity contribution < 1.29 is 4.40 Å². The van der Waals surface area contributed by atoms with Gasteiger partial charge in [0.15, 0.2) is 0 Å². The molecule has 0 unspecified atom stereocenters. The van der Waals surface area contributed by atoms with E-state index in [-0.39, 0.29) is 0 Å². The summed E-state index contributed by atoms with van der Waals surface area (Å²) in [7, 11) is 0. The van der Waals surface area contributed by atoms with Crippen molar-refractivity contribution in [2.24, 2.45) is 0 Å². The topological polar surface area (TPSA) is 21.9 Å². The molecule has 98 valence electrons. The molecule has 0 amide bonds. The molecule has 4 aromatic rings. The summed E-state index contributed by atoms with van der Waals surface area (Å²) in [5, 5.41) is 8.37. The Morgan fingerprint density at radius 2 is 1.55 bits per heavy atom. The van der Waals surface area contributed by atoms with Gasteiger partial charge in [-0.15, -0.1) is 4.68 Å². The monoisotopic (exact) mass is 262 g/mol. The number of hydrogen-bond acceptors (Lipinski definition) is 1. The van der Waals surface area contributed by atoms with E-state index in [0.29, 0.717) is 6.04 Å². The third-order valence-electron chi connectivity index (χ3n) is 3.85. The molecule has 0 aliphatic carbocycles. The number of nitrogens with zero attached hydrogens (tertiary/aromatic N) is 3. The molecule has 0 spiro atoms. The van der Waals surface area contributed by atoms with Crippen LogP contribution in [-0.4, -0.2) is 9.78 Å². The zero-order valence-electron chi connectivity index (χ0n) is 11.6. The minimum absolute atomic E-state index is 0.338. The van der Waals surface area contributed by atoms with Crippen molar-refractivity contribution in [2.75, 3.05) is 0 Å². The Kier molecular flexibility index (Phi) is 2.30. The fourth-order valence-electron chi connectivity index (χ4n) is 2.96. The first kappa shape index (κ1) is 11.4. The summed E-state index contributed by atoms with van der Waals surface area (Å²) in [6, 6.07) is 17.4. The Morgan fingerprint density at radius 1 is 0.900 bits per heavy atom. The highest BCUT2D eigenvalue weighted by Crippen LogP contribution is 2.26. The lowest BCUT2D eigenvalue weighted by Gasteiger charge is -2.06. The van der Waals surface area contributed by atoms with E-state index >= 15 is 0 Å². The van der Waals surface area contributed by atoms with Crippen LogP contribution in [0, 0.1) is 0 Å². The highest BCUT2D eigenvalue weighted by atomic mass is 15.4. The largest absolute Gasteiger partial charge is 0.273 e. The molecule has 0 saturated carbocycles. The normalized spacial score (nSPS) is 11.9. The lowest BCUT2D eigenvalue weighted by Crippen LogP contribution is -2.21. The predicted molar refractivity (Wildman–Crippen MR) is 80.8 cm³/mol. The van der Waals surface area contributed by atoms with Gasteiger partial charge < -0.3 is 0 Å². The van der Waals surface area contributed by atoms with Crippen LogP contribution in [0.2, 0.25) is 0 Å². The molecule has 0 radical (unpaired) electrons. The van der Waals surface area contributed by atoms with Crippen molar-refractivity contribution in [3.8, 4) is 0 Å². The Hall–Kier alpha value is -2.42. The third kappa shape index (κ3) is 1.40. The Balaban J connectivity index is 2.37. The van der Waals surface area contributed by atoms with Crippen LogP contribution in [0.15, 0.2) is 54.9 Å². The molecule has 2 aromatic carbocycles. The van der Waals surface area contributed by atoms with E-state index in [1.807, 2.05) is 6.33 Å².